The molecule has 0 saturated heterocycles. The van der Waals surface area contributed by atoms with Gasteiger partial charge in [-0.2, -0.15) is 0 Å². The monoisotopic (exact) mass is 326 g/mol. The van der Waals surface area contributed by atoms with E-state index in [4.69, 9.17) is 9.47 Å². The number of benzene rings is 2. The van der Waals surface area contributed by atoms with Crippen molar-refractivity contribution in [2.75, 3.05) is 18.5 Å². The lowest BCUT2D eigenvalue weighted by atomic mass is 10.1. The van der Waals surface area contributed by atoms with E-state index in [1.54, 1.807) is 24.4 Å². The van der Waals surface area contributed by atoms with Gasteiger partial charge in [0.15, 0.2) is 11.5 Å². The van der Waals surface area contributed by atoms with Gasteiger partial charge in [-0.1, -0.05) is 12.1 Å². The van der Waals surface area contributed by atoms with Gasteiger partial charge in [0.2, 0.25) is 0 Å². The quantitative estimate of drug-likeness (QED) is 0.698. The van der Waals surface area contributed by atoms with Crippen LogP contribution >= 0.6 is 0 Å². The molecule has 5 heteroatoms. The predicted octanol–water partition coefficient (Wildman–Crippen LogP) is 4.91. The number of halogens is 1. The number of aromatic nitrogens is 1. The van der Waals surface area contributed by atoms with Crippen molar-refractivity contribution < 1.29 is 13.9 Å². The molecule has 124 valence electrons. The smallest absolute Gasteiger partial charge is 0.163 e. The van der Waals surface area contributed by atoms with Crippen LogP contribution in [-0.4, -0.2) is 18.2 Å². The van der Waals surface area contributed by atoms with Gasteiger partial charge >= 0.3 is 0 Å². The van der Waals surface area contributed by atoms with Crippen molar-refractivity contribution >= 4 is 22.3 Å². The molecule has 0 fully saturated rings. The van der Waals surface area contributed by atoms with E-state index in [2.05, 4.69) is 10.3 Å². The van der Waals surface area contributed by atoms with E-state index in [-0.39, 0.29) is 5.82 Å². The van der Waals surface area contributed by atoms with Crippen LogP contribution in [0.1, 0.15) is 13.8 Å². The maximum atomic E-state index is 13.9. The zero-order valence-electron chi connectivity index (χ0n) is 13.7. The molecule has 0 atom stereocenters. The van der Waals surface area contributed by atoms with Crippen LogP contribution < -0.4 is 14.8 Å². The summed E-state index contributed by atoms with van der Waals surface area (Å²) in [4.78, 5) is 4.38. The van der Waals surface area contributed by atoms with Gasteiger partial charge < -0.3 is 14.8 Å². The molecule has 0 bridgehead atoms. The van der Waals surface area contributed by atoms with E-state index in [9.17, 15) is 4.39 Å². The van der Waals surface area contributed by atoms with Crippen LogP contribution in [0.25, 0.3) is 10.9 Å². The molecule has 0 saturated carbocycles. The number of hydrogen-bond donors (Lipinski definition) is 1. The maximum absolute atomic E-state index is 13.9. The summed E-state index contributed by atoms with van der Waals surface area (Å²) in [5, 5.41) is 3.97. The number of nitrogens with zero attached hydrogens (tertiary/aromatic N) is 1. The normalized spacial score (nSPS) is 10.6. The Morgan fingerprint density at radius 1 is 0.958 bits per heavy atom. The second-order valence-electron chi connectivity index (χ2n) is 5.15. The van der Waals surface area contributed by atoms with E-state index < -0.39 is 0 Å². The summed E-state index contributed by atoms with van der Waals surface area (Å²) < 4.78 is 25.2. The maximum Gasteiger partial charge on any atom is 0.163 e. The average Bonchev–Trinajstić information content (AvgIpc) is 2.58. The van der Waals surface area contributed by atoms with Gasteiger partial charge in [0.05, 0.1) is 24.4 Å². The van der Waals surface area contributed by atoms with E-state index in [0.717, 1.165) is 16.6 Å². The lowest BCUT2D eigenvalue weighted by Crippen LogP contribution is -2.00. The Morgan fingerprint density at radius 3 is 2.38 bits per heavy atom. The first-order valence-corrected chi connectivity index (χ1v) is 7.92. The average molecular weight is 326 g/mol. The fourth-order valence-corrected chi connectivity index (χ4v) is 2.51. The van der Waals surface area contributed by atoms with Crippen LogP contribution in [0.5, 0.6) is 11.5 Å². The number of ether oxygens (including phenoxy) is 2. The van der Waals surface area contributed by atoms with Crippen molar-refractivity contribution in [2.45, 2.75) is 13.8 Å². The minimum Gasteiger partial charge on any atom is -0.490 e. The molecule has 1 N–H and O–H groups in total. The summed E-state index contributed by atoms with van der Waals surface area (Å²) in [7, 11) is 0. The third-order valence-electron chi connectivity index (χ3n) is 3.55. The first kappa shape index (κ1) is 16.1. The summed E-state index contributed by atoms with van der Waals surface area (Å²) in [5.74, 6) is 0.997. The van der Waals surface area contributed by atoms with Crippen molar-refractivity contribution in [3.63, 3.8) is 0 Å². The molecule has 0 radical (unpaired) electrons. The molecule has 0 aliphatic rings. The first-order chi connectivity index (χ1) is 11.7. The number of nitrogens with one attached hydrogen (secondary N) is 1. The Bertz CT molecular complexity index is 852. The van der Waals surface area contributed by atoms with Gasteiger partial charge in [-0.3, -0.25) is 4.98 Å². The number of rotatable bonds is 6. The molecule has 0 aliphatic heterocycles. The minimum atomic E-state index is -0.307. The molecule has 0 spiro atoms. The molecule has 24 heavy (non-hydrogen) atoms. The van der Waals surface area contributed by atoms with Crippen molar-refractivity contribution in [2.24, 2.45) is 0 Å². The Hall–Kier alpha value is -2.82. The molecular weight excluding hydrogens is 307 g/mol. The van der Waals surface area contributed by atoms with Gasteiger partial charge in [-0.05, 0) is 38.1 Å². The number of anilines is 2. The summed E-state index contributed by atoms with van der Waals surface area (Å²) in [5.41, 5.74) is 1.93. The zero-order valence-corrected chi connectivity index (χ0v) is 13.7. The summed E-state index contributed by atoms with van der Waals surface area (Å²) in [6.45, 7) is 4.91. The van der Waals surface area contributed by atoms with Crippen LogP contribution in [0, 0.1) is 5.82 Å². The number of fused-ring (bicyclic) bond motifs is 1. The predicted molar refractivity (Wildman–Crippen MR) is 93.8 cm³/mol. The highest BCUT2D eigenvalue weighted by Gasteiger charge is 2.12. The molecule has 3 rings (SSSR count). The Balaban J connectivity index is 2.08. The van der Waals surface area contributed by atoms with Gasteiger partial charge in [-0.15, -0.1) is 0 Å². The van der Waals surface area contributed by atoms with Crippen LogP contribution in [0.4, 0.5) is 15.8 Å². The fraction of sp³-hybridized carbons (Fsp3) is 0.211. The molecule has 0 unspecified atom stereocenters. The molecule has 1 aromatic heterocycles. The molecular formula is C19H19FN2O2. The fourth-order valence-electron chi connectivity index (χ4n) is 2.51. The van der Waals surface area contributed by atoms with Crippen molar-refractivity contribution in [1.29, 1.82) is 0 Å². The Morgan fingerprint density at radius 2 is 1.67 bits per heavy atom. The summed E-state index contributed by atoms with van der Waals surface area (Å²) in [6, 6.07) is 12.1. The first-order valence-electron chi connectivity index (χ1n) is 7.92. The largest absolute Gasteiger partial charge is 0.490 e. The Labute approximate surface area is 140 Å². The molecule has 1 heterocycles. The Kier molecular flexibility index (Phi) is 4.79. The second-order valence-corrected chi connectivity index (χ2v) is 5.15. The van der Waals surface area contributed by atoms with E-state index in [1.165, 1.54) is 6.07 Å². The lowest BCUT2D eigenvalue weighted by molar-refractivity contribution is 0.288. The minimum absolute atomic E-state index is 0.307. The van der Waals surface area contributed by atoms with E-state index >= 15 is 0 Å². The van der Waals surface area contributed by atoms with Crippen LogP contribution in [0.3, 0.4) is 0 Å². The zero-order chi connectivity index (χ0) is 16.9. The topological polar surface area (TPSA) is 43.4 Å². The third-order valence-corrected chi connectivity index (χ3v) is 3.55. The summed E-state index contributed by atoms with van der Waals surface area (Å²) in [6.07, 6.45) is 1.68. The van der Waals surface area contributed by atoms with Gasteiger partial charge in [0, 0.05) is 23.3 Å². The SMILES string of the molecule is CCOc1cc2nccc(Nc3ccccc3F)c2cc1OCC. The van der Waals surface area contributed by atoms with Crippen molar-refractivity contribution in [3.8, 4) is 11.5 Å². The highest BCUT2D eigenvalue weighted by Crippen LogP contribution is 2.36. The number of para-hydroxylation sites is 1. The summed E-state index contributed by atoms with van der Waals surface area (Å²) >= 11 is 0. The highest BCUT2D eigenvalue weighted by molar-refractivity contribution is 5.95. The van der Waals surface area contributed by atoms with Crippen LogP contribution in [0.2, 0.25) is 0 Å². The molecule has 4 nitrogen and oxygen atoms in total. The molecule has 0 aliphatic carbocycles. The lowest BCUT2D eigenvalue weighted by Gasteiger charge is -2.14. The number of pyridine rings is 1. The third kappa shape index (κ3) is 3.25. The van der Waals surface area contributed by atoms with Crippen LogP contribution in [0.15, 0.2) is 48.7 Å². The van der Waals surface area contributed by atoms with Gasteiger partial charge in [-0.25, -0.2) is 4.39 Å². The number of hydrogen-bond acceptors (Lipinski definition) is 4. The molecule has 2 aromatic carbocycles. The van der Waals surface area contributed by atoms with Crippen molar-refractivity contribution in [1.82, 2.24) is 4.98 Å². The van der Waals surface area contributed by atoms with Gasteiger partial charge in [0.25, 0.3) is 0 Å². The van der Waals surface area contributed by atoms with Crippen molar-refractivity contribution in [3.05, 3.63) is 54.5 Å². The molecule has 0 amide bonds. The van der Waals surface area contributed by atoms with E-state index in [0.29, 0.717) is 30.4 Å². The van der Waals surface area contributed by atoms with E-state index in [1.807, 2.05) is 32.0 Å². The second kappa shape index (κ2) is 7.17. The highest BCUT2D eigenvalue weighted by atomic mass is 19.1. The standard InChI is InChI=1S/C19H19FN2O2/c1-3-23-18-11-13-15(22-16-8-6-5-7-14(16)20)9-10-21-17(13)12-19(18)24-4-2/h5-12H,3-4H2,1-2H3,(H,21,22). The van der Waals surface area contributed by atoms with Gasteiger partial charge in [0.1, 0.15) is 5.82 Å². The molecule has 3 aromatic rings. The van der Waals surface area contributed by atoms with Crippen LogP contribution in [-0.2, 0) is 0 Å².